The number of carbonyl (C=O) groups excluding carboxylic acids is 1. The Kier molecular flexibility index (Phi) is 3.22. The first-order valence-corrected chi connectivity index (χ1v) is 5.36. The molecule has 96 valence electrons. The molecule has 0 bridgehead atoms. The minimum atomic E-state index is -1.37. The first-order valence-electron chi connectivity index (χ1n) is 5.36. The molecule has 1 aromatic heterocycles. The lowest BCUT2D eigenvalue weighted by Crippen LogP contribution is -2.40. The van der Waals surface area contributed by atoms with Gasteiger partial charge in [0, 0.05) is 12.7 Å². The summed E-state index contributed by atoms with van der Waals surface area (Å²) in [6.45, 7) is 0.221. The van der Waals surface area contributed by atoms with Crippen molar-refractivity contribution in [2.75, 3.05) is 6.54 Å². The van der Waals surface area contributed by atoms with E-state index in [4.69, 9.17) is 5.11 Å². The number of hydrogen-bond donors (Lipinski definition) is 1. The molecule has 1 aliphatic heterocycles. The average Bonchev–Trinajstić information content (AvgIpc) is 2.81. The van der Waals surface area contributed by atoms with Crippen LogP contribution in [0, 0.1) is 11.8 Å². The SMILES string of the molecule is O=C(O)[C@@H]1CCCN1C(=O)c1ccnc(F)c1F. The number of carboxylic acid groups (broad SMARTS) is 1. The van der Waals surface area contributed by atoms with Crippen LogP contribution < -0.4 is 0 Å². The van der Waals surface area contributed by atoms with Gasteiger partial charge in [-0.15, -0.1) is 0 Å². The minimum absolute atomic E-state index is 0.221. The maximum atomic E-state index is 13.4. The molecule has 1 fully saturated rings. The van der Waals surface area contributed by atoms with Gasteiger partial charge in [0.2, 0.25) is 5.95 Å². The Hall–Kier alpha value is -2.05. The number of aromatic nitrogens is 1. The fraction of sp³-hybridized carbons (Fsp3) is 0.364. The largest absolute Gasteiger partial charge is 0.480 e. The zero-order chi connectivity index (χ0) is 13.3. The average molecular weight is 256 g/mol. The van der Waals surface area contributed by atoms with Crippen molar-refractivity contribution in [2.45, 2.75) is 18.9 Å². The molecule has 18 heavy (non-hydrogen) atoms. The Labute approximate surface area is 101 Å². The molecule has 5 nitrogen and oxygen atoms in total. The number of aliphatic carboxylic acids is 1. The van der Waals surface area contributed by atoms with Gasteiger partial charge in [0.05, 0.1) is 5.56 Å². The van der Waals surface area contributed by atoms with E-state index in [0.29, 0.717) is 12.8 Å². The van der Waals surface area contributed by atoms with Crippen molar-refractivity contribution < 1.29 is 23.5 Å². The maximum Gasteiger partial charge on any atom is 0.326 e. The van der Waals surface area contributed by atoms with Gasteiger partial charge >= 0.3 is 5.97 Å². The number of nitrogens with zero attached hydrogens (tertiary/aromatic N) is 2. The second kappa shape index (κ2) is 4.67. The fourth-order valence-corrected chi connectivity index (χ4v) is 2.00. The molecule has 1 aromatic rings. The van der Waals surface area contributed by atoms with Crippen LogP contribution in [0.3, 0.4) is 0 Å². The number of likely N-dealkylation sites (tertiary alicyclic amines) is 1. The van der Waals surface area contributed by atoms with E-state index in [1.54, 1.807) is 0 Å². The summed E-state index contributed by atoms with van der Waals surface area (Å²) in [5, 5.41) is 8.93. The van der Waals surface area contributed by atoms with Gasteiger partial charge in [-0.1, -0.05) is 0 Å². The summed E-state index contributed by atoms with van der Waals surface area (Å²) < 4.78 is 26.3. The molecule has 0 unspecified atom stereocenters. The highest BCUT2D eigenvalue weighted by Crippen LogP contribution is 2.21. The highest BCUT2D eigenvalue weighted by Gasteiger charge is 2.35. The highest BCUT2D eigenvalue weighted by molar-refractivity contribution is 5.97. The molecular weight excluding hydrogens is 246 g/mol. The van der Waals surface area contributed by atoms with Gasteiger partial charge in [-0.2, -0.15) is 4.39 Å². The van der Waals surface area contributed by atoms with Gasteiger partial charge in [0.1, 0.15) is 6.04 Å². The predicted molar refractivity (Wildman–Crippen MR) is 55.8 cm³/mol. The number of rotatable bonds is 2. The van der Waals surface area contributed by atoms with Gasteiger partial charge in [-0.05, 0) is 18.9 Å². The van der Waals surface area contributed by atoms with Crippen LogP contribution in [0.25, 0.3) is 0 Å². The van der Waals surface area contributed by atoms with Crippen LogP contribution in [0.2, 0.25) is 0 Å². The first-order chi connectivity index (χ1) is 8.52. The van der Waals surface area contributed by atoms with Crippen molar-refractivity contribution in [3.63, 3.8) is 0 Å². The molecule has 0 saturated carbocycles. The second-order valence-electron chi connectivity index (χ2n) is 3.96. The number of hydrogen-bond acceptors (Lipinski definition) is 3. The van der Waals surface area contributed by atoms with Crippen LogP contribution in [0.4, 0.5) is 8.78 Å². The summed E-state index contributed by atoms with van der Waals surface area (Å²) >= 11 is 0. The quantitative estimate of drug-likeness (QED) is 0.803. The molecule has 2 rings (SSSR count). The summed E-state index contributed by atoms with van der Waals surface area (Å²) in [5.41, 5.74) is -0.490. The second-order valence-corrected chi connectivity index (χ2v) is 3.96. The summed E-state index contributed by atoms with van der Waals surface area (Å²) in [4.78, 5) is 27.0. The van der Waals surface area contributed by atoms with E-state index >= 15 is 0 Å². The first kappa shape index (κ1) is 12.4. The smallest absolute Gasteiger partial charge is 0.326 e. The van der Waals surface area contributed by atoms with Gasteiger partial charge < -0.3 is 10.0 Å². The third-order valence-corrected chi connectivity index (χ3v) is 2.88. The van der Waals surface area contributed by atoms with Crippen LogP contribution in [0.5, 0.6) is 0 Å². The third-order valence-electron chi connectivity index (χ3n) is 2.88. The molecule has 2 heterocycles. The van der Waals surface area contributed by atoms with Crippen LogP contribution in [0.1, 0.15) is 23.2 Å². The Morgan fingerprint density at radius 2 is 2.17 bits per heavy atom. The predicted octanol–water partition coefficient (Wildman–Crippen LogP) is 1.05. The lowest BCUT2D eigenvalue weighted by molar-refractivity contribution is -0.141. The zero-order valence-corrected chi connectivity index (χ0v) is 9.27. The summed E-state index contributed by atoms with van der Waals surface area (Å²) in [5.74, 6) is -4.68. The normalized spacial score (nSPS) is 19.0. The van der Waals surface area contributed by atoms with Crippen LogP contribution in [-0.4, -0.2) is 39.5 Å². The topological polar surface area (TPSA) is 70.5 Å². The number of amides is 1. The Balaban J connectivity index is 2.31. The van der Waals surface area contributed by atoms with E-state index in [1.807, 2.05) is 0 Å². The molecule has 0 aromatic carbocycles. The lowest BCUT2D eigenvalue weighted by Gasteiger charge is -2.21. The molecule has 7 heteroatoms. The monoisotopic (exact) mass is 256 g/mol. The van der Waals surface area contributed by atoms with Gasteiger partial charge in [-0.25, -0.2) is 14.2 Å². The molecule has 1 amide bonds. The number of halogens is 2. The van der Waals surface area contributed by atoms with Gasteiger partial charge in [0.15, 0.2) is 5.82 Å². The van der Waals surface area contributed by atoms with Crippen LogP contribution in [0.15, 0.2) is 12.3 Å². The Morgan fingerprint density at radius 3 is 2.83 bits per heavy atom. The van der Waals surface area contributed by atoms with E-state index < -0.39 is 35.2 Å². The van der Waals surface area contributed by atoms with Gasteiger partial charge in [0.25, 0.3) is 5.91 Å². The Morgan fingerprint density at radius 1 is 1.44 bits per heavy atom. The molecule has 0 spiro atoms. The summed E-state index contributed by atoms with van der Waals surface area (Å²) in [7, 11) is 0. The highest BCUT2D eigenvalue weighted by atomic mass is 19.2. The van der Waals surface area contributed by atoms with Crippen molar-refractivity contribution in [1.29, 1.82) is 0 Å². The molecule has 1 aliphatic rings. The van der Waals surface area contributed by atoms with E-state index in [1.165, 1.54) is 0 Å². The zero-order valence-electron chi connectivity index (χ0n) is 9.27. The van der Waals surface area contributed by atoms with Gasteiger partial charge in [-0.3, -0.25) is 4.79 Å². The maximum absolute atomic E-state index is 13.4. The van der Waals surface area contributed by atoms with E-state index in [2.05, 4.69) is 4.98 Å². The van der Waals surface area contributed by atoms with Crippen molar-refractivity contribution in [2.24, 2.45) is 0 Å². The lowest BCUT2D eigenvalue weighted by atomic mass is 10.2. The molecular formula is C11H10F2N2O3. The van der Waals surface area contributed by atoms with Crippen LogP contribution in [-0.2, 0) is 4.79 Å². The fourth-order valence-electron chi connectivity index (χ4n) is 2.00. The molecule has 1 saturated heterocycles. The number of carboxylic acids is 1. The van der Waals surface area contributed by atoms with Crippen molar-refractivity contribution in [1.82, 2.24) is 9.88 Å². The van der Waals surface area contributed by atoms with E-state index in [-0.39, 0.29) is 6.54 Å². The van der Waals surface area contributed by atoms with Crippen molar-refractivity contribution in [3.05, 3.63) is 29.6 Å². The standard InChI is InChI=1S/C11H10F2N2O3/c12-8-6(3-4-14-9(8)13)10(16)15-5-1-2-7(15)11(17)18/h3-4,7H,1-2,5H2,(H,17,18)/t7-/m0/s1. The summed E-state index contributed by atoms with van der Waals surface area (Å²) in [6, 6.07) is 0.0611. The summed E-state index contributed by atoms with van der Waals surface area (Å²) in [6.07, 6.45) is 1.81. The Bertz CT molecular complexity index is 507. The van der Waals surface area contributed by atoms with E-state index in [0.717, 1.165) is 17.2 Å². The molecule has 1 atom stereocenters. The van der Waals surface area contributed by atoms with Crippen molar-refractivity contribution >= 4 is 11.9 Å². The van der Waals surface area contributed by atoms with E-state index in [9.17, 15) is 18.4 Å². The third kappa shape index (κ3) is 2.03. The van der Waals surface area contributed by atoms with Crippen molar-refractivity contribution in [3.8, 4) is 0 Å². The molecule has 0 radical (unpaired) electrons. The van der Waals surface area contributed by atoms with Crippen LogP contribution >= 0.6 is 0 Å². The number of pyridine rings is 1. The number of carbonyl (C=O) groups is 2. The molecule has 1 N–H and O–H groups in total. The molecule has 0 aliphatic carbocycles. The minimum Gasteiger partial charge on any atom is -0.480 e.